The van der Waals surface area contributed by atoms with Crippen molar-refractivity contribution in [3.63, 3.8) is 0 Å². The first kappa shape index (κ1) is 25.5. The third-order valence-corrected chi connectivity index (χ3v) is 7.14. The van der Waals surface area contributed by atoms with E-state index in [2.05, 4.69) is 63.7 Å². The number of carbonyl (C=O) groups is 3. The number of hydrogen-bond donors (Lipinski definition) is 2. The average molecular weight is 512 g/mol. The molecule has 2 atom stereocenters. The van der Waals surface area contributed by atoms with E-state index >= 15 is 0 Å². The molecule has 2 amide bonds. The van der Waals surface area contributed by atoms with Gasteiger partial charge in [-0.25, -0.2) is 0 Å². The zero-order chi connectivity index (χ0) is 26.3. The predicted molar refractivity (Wildman–Crippen MR) is 147 cm³/mol. The summed E-state index contributed by atoms with van der Waals surface area (Å²) in [5, 5.41) is 7.97. The van der Waals surface area contributed by atoms with Crippen LogP contribution in [0.25, 0.3) is 21.8 Å². The Balaban J connectivity index is 1.01. The molecule has 38 heavy (non-hydrogen) atoms. The van der Waals surface area contributed by atoms with Gasteiger partial charge in [0.25, 0.3) is 0 Å². The van der Waals surface area contributed by atoms with Crippen molar-refractivity contribution >= 4 is 39.6 Å². The van der Waals surface area contributed by atoms with Crippen LogP contribution in [-0.2, 0) is 32.1 Å². The van der Waals surface area contributed by atoms with E-state index in [1.807, 2.05) is 30.3 Å². The van der Waals surface area contributed by atoms with Crippen LogP contribution in [-0.4, -0.2) is 41.0 Å². The van der Waals surface area contributed by atoms with Crippen LogP contribution in [0.4, 0.5) is 0 Å². The molecular weight excluding hydrogens is 478 g/mol. The number of carbonyl (C=O) groups excluding carboxylic acids is 3. The number of aryl methyl sites for hydroxylation is 1. The van der Waals surface area contributed by atoms with Crippen molar-refractivity contribution in [3.8, 4) is 0 Å². The van der Waals surface area contributed by atoms with E-state index in [0.717, 1.165) is 37.8 Å². The summed E-state index contributed by atoms with van der Waals surface area (Å²) in [6.45, 7) is 1.25. The van der Waals surface area contributed by atoms with Gasteiger partial charge < -0.3 is 19.9 Å². The molecule has 1 fully saturated rings. The molecule has 0 unspecified atom stereocenters. The van der Waals surface area contributed by atoms with Crippen LogP contribution < -0.4 is 10.6 Å². The molecular formula is C31H33N3O4. The monoisotopic (exact) mass is 511 g/mol. The van der Waals surface area contributed by atoms with E-state index in [-0.39, 0.29) is 18.2 Å². The molecule has 0 saturated carbocycles. The highest BCUT2D eigenvalue weighted by Crippen LogP contribution is 2.29. The lowest BCUT2D eigenvalue weighted by molar-refractivity contribution is -0.147. The van der Waals surface area contributed by atoms with E-state index < -0.39 is 18.1 Å². The van der Waals surface area contributed by atoms with Gasteiger partial charge in [0.1, 0.15) is 12.1 Å². The second kappa shape index (κ2) is 11.9. The van der Waals surface area contributed by atoms with Crippen molar-refractivity contribution in [1.82, 2.24) is 15.2 Å². The Morgan fingerprint density at radius 1 is 0.711 bits per heavy atom. The number of para-hydroxylation sites is 2. The number of nitrogens with one attached hydrogen (secondary N) is 2. The van der Waals surface area contributed by atoms with Gasteiger partial charge in [-0.15, -0.1) is 0 Å². The lowest BCUT2D eigenvalue weighted by Gasteiger charge is -2.29. The lowest BCUT2D eigenvalue weighted by Crippen LogP contribution is -2.62. The maximum Gasteiger partial charge on any atom is 0.308 e. The van der Waals surface area contributed by atoms with E-state index in [1.165, 1.54) is 21.8 Å². The van der Waals surface area contributed by atoms with Gasteiger partial charge in [0.15, 0.2) is 0 Å². The fourth-order valence-electron chi connectivity index (χ4n) is 5.19. The zero-order valence-corrected chi connectivity index (χ0v) is 21.4. The summed E-state index contributed by atoms with van der Waals surface area (Å²) in [7, 11) is 0. The zero-order valence-electron chi connectivity index (χ0n) is 21.4. The molecule has 7 nitrogen and oxygen atoms in total. The summed E-state index contributed by atoms with van der Waals surface area (Å²) in [6.07, 6.45) is 4.03. The Bertz CT molecular complexity index is 1380. The number of piperazine rings is 1. The number of amides is 2. The molecule has 7 heteroatoms. The molecule has 2 N–H and O–H groups in total. The van der Waals surface area contributed by atoms with Crippen LogP contribution in [0, 0.1) is 0 Å². The number of ether oxygens (including phenoxy) is 1. The van der Waals surface area contributed by atoms with Gasteiger partial charge >= 0.3 is 5.97 Å². The molecule has 5 rings (SSSR count). The number of esters is 1. The number of rotatable bonds is 11. The van der Waals surface area contributed by atoms with Crippen LogP contribution in [0.2, 0.25) is 0 Å². The summed E-state index contributed by atoms with van der Waals surface area (Å²) in [4.78, 5) is 37.2. The number of nitrogens with zero attached hydrogens (tertiary/aromatic N) is 1. The summed E-state index contributed by atoms with van der Waals surface area (Å²) in [5.41, 5.74) is 3.47. The van der Waals surface area contributed by atoms with Crippen molar-refractivity contribution in [2.75, 3.05) is 6.61 Å². The molecule has 2 heterocycles. The van der Waals surface area contributed by atoms with Gasteiger partial charge in [-0.1, -0.05) is 73.2 Å². The summed E-state index contributed by atoms with van der Waals surface area (Å²) >= 11 is 0. The Kier molecular flexibility index (Phi) is 8.02. The maximum atomic E-state index is 12.4. The summed E-state index contributed by atoms with van der Waals surface area (Å²) < 4.78 is 7.73. The Labute approximate surface area is 222 Å². The molecule has 3 aromatic carbocycles. The lowest BCUT2D eigenvalue weighted by atomic mass is 10.0. The van der Waals surface area contributed by atoms with Crippen LogP contribution in [0.1, 0.15) is 37.7 Å². The highest BCUT2D eigenvalue weighted by Gasteiger charge is 2.35. The first-order valence-corrected chi connectivity index (χ1v) is 13.4. The van der Waals surface area contributed by atoms with Crippen LogP contribution in [0.5, 0.6) is 0 Å². The first-order valence-electron chi connectivity index (χ1n) is 13.4. The maximum absolute atomic E-state index is 12.4. The van der Waals surface area contributed by atoms with Gasteiger partial charge in [-0.05, 0) is 37.0 Å². The molecule has 1 aliphatic rings. The molecule has 0 radical (unpaired) electrons. The van der Waals surface area contributed by atoms with Crippen LogP contribution in [0.15, 0.2) is 78.9 Å². The average Bonchev–Trinajstić information content (AvgIpc) is 3.25. The van der Waals surface area contributed by atoms with Crippen molar-refractivity contribution in [2.45, 2.75) is 57.2 Å². The van der Waals surface area contributed by atoms with Crippen LogP contribution >= 0.6 is 0 Å². The van der Waals surface area contributed by atoms with Gasteiger partial charge in [0, 0.05) is 34.8 Å². The minimum Gasteiger partial charge on any atom is -0.466 e. The molecule has 4 aromatic rings. The van der Waals surface area contributed by atoms with Gasteiger partial charge in [-0.3, -0.25) is 14.4 Å². The number of unbranched alkanes of at least 4 members (excludes halogenated alkanes) is 3. The molecule has 196 valence electrons. The number of fused-ring (bicyclic) bond motifs is 3. The van der Waals surface area contributed by atoms with Crippen LogP contribution in [0.3, 0.4) is 0 Å². The minimum absolute atomic E-state index is 0.163. The largest absolute Gasteiger partial charge is 0.466 e. The van der Waals surface area contributed by atoms with Gasteiger partial charge in [0.05, 0.1) is 13.0 Å². The Hall–Kier alpha value is -4.13. The van der Waals surface area contributed by atoms with E-state index in [4.69, 9.17) is 4.74 Å². The third-order valence-electron chi connectivity index (χ3n) is 7.14. The fourth-order valence-corrected chi connectivity index (χ4v) is 5.19. The molecule has 0 spiro atoms. The Morgan fingerprint density at radius 2 is 1.29 bits per heavy atom. The van der Waals surface area contributed by atoms with E-state index in [9.17, 15) is 14.4 Å². The topological polar surface area (TPSA) is 89.4 Å². The summed E-state index contributed by atoms with van der Waals surface area (Å²) in [6, 6.07) is 25.0. The number of benzene rings is 3. The highest BCUT2D eigenvalue weighted by molar-refractivity contribution is 6.08. The standard InChI is InChI=1S/C31H33N3O4/c35-29(21-26-31(37)32-25(30(36)33-26)20-22-12-4-3-5-13-22)38-19-11-2-1-10-18-34-27-16-8-6-14-23(27)24-15-7-9-17-28(24)34/h3-9,12-17,25-26H,1-2,10-11,18-21H2,(H,32,37)(H,33,36)/t25-,26-/m0/s1. The molecule has 1 aromatic heterocycles. The highest BCUT2D eigenvalue weighted by atomic mass is 16.5. The third kappa shape index (κ3) is 5.88. The van der Waals surface area contributed by atoms with Gasteiger partial charge in [-0.2, -0.15) is 0 Å². The second-order valence-corrected chi connectivity index (χ2v) is 9.84. The van der Waals surface area contributed by atoms with Gasteiger partial charge in [0.2, 0.25) is 11.8 Å². The quantitative estimate of drug-likeness (QED) is 0.229. The van der Waals surface area contributed by atoms with Crippen molar-refractivity contribution in [1.29, 1.82) is 0 Å². The Morgan fingerprint density at radius 3 is 2.00 bits per heavy atom. The fraction of sp³-hybridized carbons (Fsp3) is 0.323. The van der Waals surface area contributed by atoms with Crippen molar-refractivity contribution < 1.29 is 19.1 Å². The number of aromatic nitrogens is 1. The first-order chi connectivity index (χ1) is 18.6. The minimum atomic E-state index is -0.895. The smallest absolute Gasteiger partial charge is 0.308 e. The molecule has 1 aliphatic heterocycles. The van der Waals surface area contributed by atoms with Crippen molar-refractivity contribution in [2.24, 2.45) is 0 Å². The normalized spacial score (nSPS) is 17.4. The van der Waals surface area contributed by atoms with E-state index in [1.54, 1.807) is 0 Å². The van der Waals surface area contributed by atoms with Crippen molar-refractivity contribution in [3.05, 3.63) is 84.4 Å². The molecule has 1 saturated heterocycles. The summed E-state index contributed by atoms with van der Waals surface area (Å²) in [5.74, 6) is -1.11. The van der Waals surface area contributed by atoms with E-state index in [0.29, 0.717) is 13.0 Å². The molecule has 0 aliphatic carbocycles. The SMILES string of the molecule is O=C(C[C@@H]1NC(=O)[C@H](Cc2ccccc2)NC1=O)OCCCCCCn1c2ccccc2c2ccccc21. The second-order valence-electron chi connectivity index (χ2n) is 9.84. The molecule has 0 bridgehead atoms. The predicted octanol–water partition coefficient (Wildman–Crippen LogP) is 4.51. The number of hydrogen-bond acceptors (Lipinski definition) is 4.